The molecular formula is C19H20BrN3O5S. The van der Waals surface area contributed by atoms with Crippen molar-refractivity contribution in [1.29, 1.82) is 0 Å². The van der Waals surface area contributed by atoms with Gasteiger partial charge in [0.25, 0.3) is 0 Å². The molecule has 0 spiro atoms. The molecule has 0 unspecified atom stereocenters. The number of unbranched alkanes of at least 4 members (excludes halogenated alkanes) is 1. The Balaban J connectivity index is 1.81. The van der Waals surface area contributed by atoms with Gasteiger partial charge in [0.05, 0.1) is 15.9 Å². The minimum absolute atomic E-state index is 0.0128. The number of imidazole rings is 1. The highest BCUT2D eigenvalue weighted by Crippen LogP contribution is 2.21. The molecule has 3 rings (SSSR count). The molecule has 0 aliphatic carbocycles. The average Bonchev–Trinajstić information content (AvgIpc) is 3.24. The van der Waals surface area contributed by atoms with Crippen LogP contribution < -0.4 is 5.14 Å². The van der Waals surface area contributed by atoms with Crippen LogP contribution in [0.3, 0.4) is 0 Å². The summed E-state index contributed by atoms with van der Waals surface area (Å²) < 4.78 is 36.3. The Morgan fingerprint density at radius 3 is 2.79 bits per heavy atom. The Bertz CT molecular complexity index is 1160. The van der Waals surface area contributed by atoms with Crippen LogP contribution in [-0.4, -0.2) is 23.9 Å². The fourth-order valence-electron chi connectivity index (χ4n) is 2.76. The van der Waals surface area contributed by atoms with Gasteiger partial charge in [0.2, 0.25) is 10.0 Å². The van der Waals surface area contributed by atoms with Crippen molar-refractivity contribution in [1.82, 2.24) is 9.55 Å². The first-order valence-corrected chi connectivity index (χ1v) is 11.2. The quantitative estimate of drug-likeness (QED) is 0.387. The number of sulfonamides is 1. The Labute approximate surface area is 176 Å². The van der Waals surface area contributed by atoms with E-state index in [1.165, 1.54) is 24.3 Å². The molecule has 0 bridgehead atoms. The smallest absolute Gasteiger partial charge is 0.331 e. The van der Waals surface area contributed by atoms with Crippen LogP contribution in [-0.2, 0) is 32.7 Å². The molecule has 0 radical (unpaired) electrons. The van der Waals surface area contributed by atoms with Crippen LogP contribution in [0.5, 0.6) is 0 Å². The van der Waals surface area contributed by atoms with Gasteiger partial charge in [-0.2, -0.15) is 0 Å². The number of ether oxygens (including phenoxy) is 1. The predicted molar refractivity (Wildman–Crippen MR) is 111 cm³/mol. The minimum atomic E-state index is -3.83. The number of primary sulfonamides is 1. The number of rotatable bonds is 8. The first-order chi connectivity index (χ1) is 13.8. The maximum absolute atomic E-state index is 12.0. The van der Waals surface area contributed by atoms with E-state index in [2.05, 4.69) is 27.8 Å². The standard InChI is InChI=1S/C19H20BrN3O5S/c1-2-3-10-23-16-7-6-14(29(21,25)26)11-15(16)22-18(23)12-27-19(24)9-5-13-4-8-17(20)28-13/h4-9,11H,2-3,10,12H2,1H3,(H2,21,25,26)/b9-5+. The number of carbonyl (C=O) groups is 1. The summed E-state index contributed by atoms with van der Waals surface area (Å²) in [6, 6.07) is 7.96. The third kappa shape index (κ3) is 5.34. The number of aryl methyl sites for hydroxylation is 1. The monoisotopic (exact) mass is 481 g/mol. The van der Waals surface area contributed by atoms with Crippen LogP contribution in [0.25, 0.3) is 17.1 Å². The molecule has 1 aromatic carbocycles. The highest BCUT2D eigenvalue weighted by Gasteiger charge is 2.15. The normalized spacial score (nSPS) is 12.1. The van der Waals surface area contributed by atoms with Gasteiger partial charge in [-0.25, -0.2) is 23.3 Å². The lowest BCUT2D eigenvalue weighted by Crippen LogP contribution is -2.11. The Morgan fingerprint density at radius 2 is 2.14 bits per heavy atom. The molecule has 0 saturated heterocycles. The second kappa shape index (κ2) is 8.93. The summed E-state index contributed by atoms with van der Waals surface area (Å²) in [6.07, 6.45) is 4.64. The Kier molecular flexibility index (Phi) is 6.56. The molecule has 0 aliphatic rings. The number of benzene rings is 1. The number of nitrogens with zero attached hydrogens (tertiary/aromatic N) is 2. The van der Waals surface area contributed by atoms with Crippen LogP contribution >= 0.6 is 15.9 Å². The van der Waals surface area contributed by atoms with Crippen LogP contribution in [0.2, 0.25) is 0 Å². The molecule has 0 saturated carbocycles. The summed E-state index contributed by atoms with van der Waals surface area (Å²) in [4.78, 5) is 16.5. The zero-order valence-electron chi connectivity index (χ0n) is 15.7. The van der Waals surface area contributed by atoms with E-state index in [-0.39, 0.29) is 11.5 Å². The molecule has 2 N–H and O–H groups in total. The molecule has 0 aliphatic heterocycles. The van der Waals surface area contributed by atoms with Crippen molar-refractivity contribution >= 4 is 49.0 Å². The second-order valence-corrected chi connectivity index (χ2v) is 8.65. The van der Waals surface area contributed by atoms with Gasteiger partial charge in [-0.05, 0) is 58.8 Å². The first-order valence-electron chi connectivity index (χ1n) is 8.90. The topological polar surface area (TPSA) is 117 Å². The average molecular weight is 482 g/mol. The number of halogens is 1. The lowest BCUT2D eigenvalue weighted by Gasteiger charge is -2.08. The van der Waals surface area contributed by atoms with Gasteiger partial charge < -0.3 is 13.7 Å². The summed E-state index contributed by atoms with van der Waals surface area (Å²) in [5.41, 5.74) is 1.24. The van der Waals surface area contributed by atoms with Crippen molar-refractivity contribution in [2.45, 2.75) is 37.8 Å². The van der Waals surface area contributed by atoms with E-state index in [9.17, 15) is 13.2 Å². The number of esters is 1. The van der Waals surface area contributed by atoms with Gasteiger partial charge in [-0.15, -0.1) is 0 Å². The van der Waals surface area contributed by atoms with Gasteiger partial charge in [-0.1, -0.05) is 13.3 Å². The molecule has 2 heterocycles. The van der Waals surface area contributed by atoms with Gasteiger partial charge in [0.15, 0.2) is 4.67 Å². The number of hydrogen-bond acceptors (Lipinski definition) is 6. The molecule has 29 heavy (non-hydrogen) atoms. The SMILES string of the molecule is CCCCn1c(COC(=O)/C=C/c2ccc(Br)o2)nc2cc(S(N)(=O)=O)ccc21. The van der Waals surface area contributed by atoms with Crippen molar-refractivity contribution in [3.05, 3.63) is 52.7 Å². The summed E-state index contributed by atoms with van der Waals surface area (Å²) in [6.45, 7) is 2.69. The largest absolute Gasteiger partial charge is 0.454 e. The van der Waals surface area contributed by atoms with E-state index in [1.807, 2.05) is 4.57 Å². The zero-order valence-corrected chi connectivity index (χ0v) is 18.1. The van der Waals surface area contributed by atoms with Crippen LogP contribution in [0, 0.1) is 0 Å². The lowest BCUT2D eigenvalue weighted by molar-refractivity contribution is -0.139. The highest BCUT2D eigenvalue weighted by molar-refractivity contribution is 9.10. The predicted octanol–water partition coefficient (Wildman–Crippen LogP) is 3.60. The molecule has 154 valence electrons. The molecule has 2 aromatic heterocycles. The second-order valence-electron chi connectivity index (χ2n) is 6.31. The fraction of sp³-hybridized carbons (Fsp3) is 0.263. The highest BCUT2D eigenvalue weighted by atomic mass is 79.9. The molecular weight excluding hydrogens is 462 g/mol. The van der Waals surface area contributed by atoms with E-state index in [1.54, 1.807) is 18.2 Å². The third-order valence-electron chi connectivity index (χ3n) is 4.18. The summed E-state index contributed by atoms with van der Waals surface area (Å²) in [5, 5.41) is 5.20. The molecule has 0 fully saturated rings. The van der Waals surface area contributed by atoms with Crippen molar-refractivity contribution in [3.8, 4) is 0 Å². The van der Waals surface area contributed by atoms with Crippen molar-refractivity contribution in [2.75, 3.05) is 0 Å². The van der Waals surface area contributed by atoms with E-state index in [4.69, 9.17) is 14.3 Å². The number of nitrogens with two attached hydrogens (primary N) is 1. The third-order valence-corrected chi connectivity index (χ3v) is 5.52. The summed E-state index contributed by atoms with van der Waals surface area (Å²) >= 11 is 3.19. The maximum Gasteiger partial charge on any atom is 0.331 e. The zero-order chi connectivity index (χ0) is 21.0. The number of hydrogen-bond donors (Lipinski definition) is 1. The Morgan fingerprint density at radius 1 is 1.34 bits per heavy atom. The van der Waals surface area contributed by atoms with Gasteiger partial charge in [-0.3, -0.25) is 0 Å². The van der Waals surface area contributed by atoms with Crippen LogP contribution in [0.15, 0.2) is 50.4 Å². The Hall–Kier alpha value is -2.43. The van der Waals surface area contributed by atoms with Crippen LogP contribution in [0.1, 0.15) is 31.4 Å². The van der Waals surface area contributed by atoms with Crippen molar-refractivity contribution in [3.63, 3.8) is 0 Å². The van der Waals surface area contributed by atoms with Gasteiger partial charge in [0.1, 0.15) is 18.2 Å². The van der Waals surface area contributed by atoms with Crippen LogP contribution in [0.4, 0.5) is 0 Å². The number of carbonyl (C=O) groups excluding carboxylic acids is 1. The number of furan rings is 1. The number of aromatic nitrogens is 2. The van der Waals surface area contributed by atoms with E-state index in [0.29, 0.717) is 28.3 Å². The van der Waals surface area contributed by atoms with Crippen molar-refractivity contribution in [2.24, 2.45) is 5.14 Å². The maximum atomic E-state index is 12.0. The number of fused-ring (bicyclic) bond motifs is 1. The van der Waals surface area contributed by atoms with E-state index >= 15 is 0 Å². The first kappa shape index (κ1) is 21.3. The fourth-order valence-corrected chi connectivity index (χ4v) is 3.62. The summed E-state index contributed by atoms with van der Waals surface area (Å²) in [7, 11) is -3.83. The van der Waals surface area contributed by atoms with Gasteiger partial charge in [0, 0.05) is 12.6 Å². The molecule has 8 nitrogen and oxygen atoms in total. The van der Waals surface area contributed by atoms with Gasteiger partial charge >= 0.3 is 5.97 Å². The molecule has 10 heteroatoms. The van der Waals surface area contributed by atoms with E-state index in [0.717, 1.165) is 18.4 Å². The lowest BCUT2D eigenvalue weighted by atomic mass is 10.3. The minimum Gasteiger partial charge on any atom is -0.454 e. The molecule has 0 amide bonds. The molecule has 3 aromatic rings. The van der Waals surface area contributed by atoms with Crippen molar-refractivity contribution < 1.29 is 22.4 Å². The molecule has 0 atom stereocenters. The summed E-state index contributed by atoms with van der Waals surface area (Å²) in [5.74, 6) is 0.499. The van der Waals surface area contributed by atoms with E-state index < -0.39 is 16.0 Å².